The lowest BCUT2D eigenvalue weighted by molar-refractivity contribution is -0.144. The maximum Gasteiger partial charge on any atom is 0.524 e. The van der Waals surface area contributed by atoms with Crippen LogP contribution in [0.15, 0.2) is 36.8 Å². The Morgan fingerprint density at radius 2 is 1.30 bits per heavy atom. The van der Waals surface area contributed by atoms with Crippen LogP contribution in [0.1, 0.15) is 65.1 Å². The first-order valence-corrected chi connectivity index (χ1v) is 19.3. The number of aliphatic carboxylic acids is 1. The van der Waals surface area contributed by atoms with E-state index in [1.165, 1.54) is 50.6 Å². The van der Waals surface area contributed by atoms with Gasteiger partial charge < -0.3 is 57.1 Å². The molecule has 0 aliphatic carbocycles. The average Bonchev–Trinajstić information content (AvgIpc) is 3.62. The summed E-state index contributed by atoms with van der Waals surface area (Å²) in [6.07, 6.45) is 0.791. The standard InChI is InChI=1S/C34H53N8O13P/c1-6-7-8-24(38-29(45)23(35)14-21-15-36-16-37-21)30(46)39-25(13-20-9-11-22(12-10-20)55-56(52,53)54)31(47)41-27(18(4)43)33(49)42-28(19(5)44)32(48)40-26(17(2)3)34(50)51/h9-12,15-19,23-28,43-44H,6-8,13-14,35H2,1-5H3,(H,36,37)(H,38,45)(H,39,46)(H,40,48)(H,41,47)(H,42,49)(H,50,51)(H2,52,53,54)/t18-,19-,23+,24+,25+,26+,27+,28+/m1/s1. The first-order valence-electron chi connectivity index (χ1n) is 17.8. The van der Waals surface area contributed by atoms with Gasteiger partial charge in [-0.05, 0) is 43.9 Å². The molecule has 2 aromatic rings. The molecule has 0 saturated carbocycles. The zero-order valence-electron chi connectivity index (χ0n) is 31.7. The molecule has 2 rings (SSSR count). The molecule has 1 aromatic carbocycles. The molecule has 56 heavy (non-hydrogen) atoms. The molecule has 0 saturated heterocycles. The Balaban J connectivity index is 2.39. The van der Waals surface area contributed by atoms with Crippen molar-refractivity contribution in [3.05, 3.63) is 48.0 Å². The highest BCUT2D eigenvalue weighted by molar-refractivity contribution is 7.46. The molecule has 312 valence electrons. The van der Waals surface area contributed by atoms with Crippen molar-refractivity contribution in [3.63, 3.8) is 0 Å². The molecule has 0 unspecified atom stereocenters. The van der Waals surface area contributed by atoms with Gasteiger partial charge in [0.1, 0.15) is 36.0 Å². The predicted molar refractivity (Wildman–Crippen MR) is 198 cm³/mol. The summed E-state index contributed by atoms with van der Waals surface area (Å²) in [5.41, 5.74) is 6.99. The van der Waals surface area contributed by atoms with Crippen molar-refractivity contribution in [2.24, 2.45) is 11.7 Å². The third-order valence-electron chi connectivity index (χ3n) is 8.39. The molecule has 1 aromatic heterocycles. The number of phosphoric ester groups is 1. The van der Waals surface area contributed by atoms with E-state index in [2.05, 4.69) is 41.1 Å². The number of aromatic amines is 1. The van der Waals surface area contributed by atoms with E-state index in [1.54, 1.807) is 0 Å². The van der Waals surface area contributed by atoms with Crippen molar-refractivity contribution >= 4 is 43.3 Å². The number of H-pyrrole nitrogens is 1. The Hall–Kier alpha value is -4.92. The fraction of sp³-hybridized carbons (Fsp3) is 0.559. The van der Waals surface area contributed by atoms with Gasteiger partial charge in [0.15, 0.2) is 0 Å². The molecule has 22 heteroatoms. The molecule has 0 fully saturated rings. The van der Waals surface area contributed by atoms with Gasteiger partial charge in [-0.3, -0.25) is 33.8 Å². The second-order valence-corrected chi connectivity index (χ2v) is 14.8. The van der Waals surface area contributed by atoms with Crippen molar-refractivity contribution in [2.75, 3.05) is 0 Å². The number of nitrogens with two attached hydrogens (primary N) is 1. The van der Waals surface area contributed by atoms with Crippen LogP contribution in [0.2, 0.25) is 0 Å². The third kappa shape index (κ3) is 15.7. The second kappa shape index (κ2) is 22.0. The molecule has 0 bridgehead atoms. The number of unbranched alkanes of at least 4 members (excludes halogenated alkanes) is 1. The van der Waals surface area contributed by atoms with Crippen LogP contribution < -0.4 is 36.8 Å². The number of hydrogen-bond donors (Lipinski definition) is 12. The van der Waals surface area contributed by atoms with Crippen LogP contribution in [-0.2, 0) is 46.2 Å². The maximum atomic E-state index is 13.9. The number of phosphoric acid groups is 1. The normalized spacial score (nSPS) is 15.8. The highest BCUT2D eigenvalue weighted by atomic mass is 31.2. The number of nitrogens with one attached hydrogen (secondary N) is 6. The fourth-order valence-corrected chi connectivity index (χ4v) is 5.68. The molecule has 8 atom stereocenters. The number of aromatic nitrogens is 2. The van der Waals surface area contributed by atoms with Crippen LogP contribution >= 0.6 is 7.82 Å². The Kier molecular flexibility index (Phi) is 18.5. The first kappa shape index (κ1) is 47.2. The number of aliphatic hydroxyl groups excluding tert-OH is 2. The summed E-state index contributed by atoms with van der Waals surface area (Å²) in [4.78, 5) is 104. The maximum absolute atomic E-state index is 13.9. The number of imidazole rings is 1. The molecule has 5 amide bonds. The van der Waals surface area contributed by atoms with E-state index in [4.69, 9.17) is 15.5 Å². The van der Waals surface area contributed by atoms with Gasteiger partial charge in [0.05, 0.1) is 24.6 Å². The van der Waals surface area contributed by atoms with Gasteiger partial charge in [0.2, 0.25) is 29.5 Å². The Labute approximate surface area is 323 Å². The number of benzene rings is 1. The number of aliphatic hydroxyl groups is 2. The number of rotatable bonds is 23. The highest BCUT2D eigenvalue weighted by Gasteiger charge is 2.36. The minimum absolute atomic E-state index is 0.0823. The quantitative estimate of drug-likeness (QED) is 0.0546. The first-order chi connectivity index (χ1) is 26.1. The molecule has 1 heterocycles. The SMILES string of the molecule is CCCC[C@H](NC(=O)[C@@H](N)Cc1cnc[nH]1)C(=O)N[C@@H](Cc1ccc(OP(=O)(O)O)cc1)C(=O)N[C@H](C(=O)N[C@H](C(=O)N[C@H](C(=O)O)C(C)C)[C@@H](C)O)[C@@H](C)O. The van der Waals surface area contributed by atoms with Crippen molar-refractivity contribution in [1.82, 2.24) is 36.6 Å². The van der Waals surface area contributed by atoms with E-state index in [0.29, 0.717) is 24.1 Å². The summed E-state index contributed by atoms with van der Waals surface area (Å²) >= 11 is 0. The number of carboxylic acid groups (broad SMARTS) is 1. The lowest BCUT2D eigenvalue weighted by Crippen LogP contribution is -2.63. The van der Waals surface area contributed by atoms with E-state index in [1.807, 2.05) is 6.92 Å². The van der Waals surface area contributed by atoms with Crippen LogP contribution in [0.4, 0.5) is 0 Å². The topological polar surface area (TPSA) is 345 Å². The van der Waals surface area contributed by atoms with Crippen LogP contribution in [0.25, 0.3) is 0 Å². The van der Waals surface area contributed by atoms with Crippen molar-refractivity contribution in [1.29, 1.82) is 0 Å². The Morgan fingerprint density at radius 1 is 0.786 bits per heavy atom. The van der Waals surface area contributed by atoms with Gasteiger partial charge in [-0.2, -0.15) is 0 Å². The molecule has 0 radical (unpaired) electrons. The molecule has 0 spiro atoms. The van der Waals surface area contributed by atoms with Gasteiger partial charge in [-0.1, -0.05) is 45.7 Å². The Bertz CT molecular complexity index is 1670. The fourth-order valence-electron chi connectivity index (χ4n) is 5.29. The number of hydrogen-bond acceptors (Lipinski definition) is 12. The lowest BCUT2D eigenvalue weighted by atomic mass is 10.0. The third-order valence-corrected chi connectivity index (χ3v) is 8.84. The Morgan fingerprint density at radius 3 is 1.77 bits per heavy atom. The van der Waals surface area contributed by atoms with Crippen molar-refractivity contribution < 1.29 is 63.0 Å². The predicted octanol–water partition coefficient (Wildman–Crippen LogP) is -1.89. The molecule has 0 aliphatic heterocycles. The minimum Gasteiger partial charge on any atom is -0.480 e. The summed E-state index contributed by atoms with van der Waals surface area (Å²) in [6.45, 7) is 7.23. The molecular weight excluding hydrogens is 759 g/mol. The van der Waals surface area contributed by atoms with Crippen LogP contribution in [0.5, 0.6) is 5.75 Å². The van der Waals surface area contributed by atoms with Gasteiger partial charge in [-0.15, -0.1) is 0 Å². The summed E-state index contributed by atoms with van der Waals surface area (Å²) in [5.74, 6) is -6.81. The average molecular weight is 813 g/mol. The smallest absolute Gasteiger partial charge is 0.480 e. The van der Waals surface area contributed by atoms with Crippen LogP contribution in [-0.4, -0.2) is 119 Å². The number of carboxylic acids is 1. The van der Waals surface area contributed by atoms with E-state index in [-0.39, 0.29) is 25.0 Å². The summed E-state index contributed by atoms with van der Waals surface area (Å²) < 4.78 is 15.8. The van der Waals surface area contributed by atoms with Gasteiger partial charge in [0.25, 0.3) is 0 Å². The van der Waals surface area contributed by atoms with E-state index in [0.717, 1.165) is 13.8 Å². The monoisotopic (exact) mass is 812 g/mol. The number of amides is 5. The second-order valence-electron chi connectivity index (χ2n) is 13.6. The summed E-state index contributed by atoms with van der Waals surface area (Å²) in [7, 11) is -4.89. The highest BCUT2D eigenvalue weighted by Crippen LogP contribution is 2.37. The molecular formula is C34H53N8O13P. The van der Waals surface area contributed by atoms with Crippen molar-refractivity contribution in [2.45, 2.75) is 115 Å². The van der Waals surface area contributed by atoms with Crippen molar-refractivity contribution in [3.8, 4) is 5.75 Å². The zero-order chi connectivity index (χ0) is 42.3. The largest absolute Gasteiger partial charge is 0.524 e. The van der Waals surface area contributed by atoms with Crippen LogP contribution in [0, 0.1) is 5.92 Å². The van der Waals surface area contributed by atoms with E-state index < -0.39 is 97.7 Å². The molecule has 13 N–H and O–H groups in total. The summed E-state index contributed by atoms with van der Waals surface area (Å²) in [6, 6.07) is -3.50. The molecule has 21 nitrogen and oxygen atoms in total. The zero-order valence-corrected chi connectivity index (χ0v) is 32.6. The summed E-state index contributed by atoms with van der Waals surface area (Å²) in [5, 5.41) is 42.4. The van der Waals surface area contributed by atoms with E-state index in [9.17, 15) is 48.7 Å². The van der Waals surface area contributed by atoms with E-state index >= 15 is 0 Å². The minimum atomic E-state index is -4.89. The number of carbonyl (C=O) groups excluding carboxylic acids is 5. The number of carbonyl (C=O) groups is 6. The van der Waals surface area contributed by atoms with Gasteiger partial charge in [0, 0.05) is 24.7 Å². The lowest BCUT2D eigenvalue weighted by Gasteiger charge is -2.29. The van der Waals surface area contributed by atoms with Gasteiger partial charge in [-0.25, -0.2) is 14.3 Å². The molecule has 0 aliphatic rings. The number of nitrogens with zero attached hydrogens (tertiary/aromatic N) is 1. The van der Waals surface area contributed by atoms with Crippen LogP contribution in [0.3, 0.4) is 0 Å². The van der Waals surface area contributed by atoms with Gasteiger partial charge >= 0.3 is 13.8 Å².